The first kappa shape index (κ1) is 20.8. The Morgan fingerprint density at radius 3 is 2.34 bits per heavy atom. The Balaban J connectivity index is 1.46. The largest absolute Gasteiger partial charge is 0.378 e. The number of anilines is 1. The lowest BCUT2D eigenvalue weighted by Gasteiger charge is -2.13. The van der Waals surface area contributed by atoms with Crippen molar-refractivity contribution in [2.75, 3.05) is 5.73 Å². The first-order chi connectivity index (χ1) is 15.5. The molecule has 0 atom stereocenters. The fourth-order valence-corrected chi connectivity index (χ4v) is 3.22. The molecule has 0 saturated heterocycles. The van der Waals surface area contributed by atoms with E-state index in [1.165, 1.54) is 4.68 Å². The van der Waals surface area contributed by atoms with Gasteiger partial charge in [0.1, 0.15) is 0 Å². The highest BCUT2D eigenvalue weighted by molar-refractivity contribution is 5.93. The van der Waals surface area contributed by atoms with Crippen LogP contribution in [0.2, 0.25) is 0 Å². The minimum Gasteiger partial charge on any atom is -0.378 e. The molecule has 4 aromatic rings. The van der Waals surface area contributed by atoms with E-state index in [9.17, 15) is 4.79 Å². The fourth-order valence-electron chi connectivity index (χ4n) is 3.22. The molecule has 2 aromatic carbocycles. The van der Waals surface area contributed by atoms with Gasteiger partial charge in [-0.25, -0.2) is 4.63 Å². The highest BCUT2D eigenvalue weighted by Crippen LogP contribution is 2.23. The third-order valence-corrected chi connectivity index (χ3v) is 4.83. The van der Waals surface area contributed by atoms with E-state index in [4.69, 9.17) is 5.73 Å². The Morgan fingerprint density at radius 2 is 1.72 bits per heavy atom. The third kappa shape index (κ3) is 4.06. The number of hydrazine groups is 1. The molecule has 4 N–H and O–H groups in total. The quantitative estimate of drug-likeness (QED) is 0.381. The molecule has 0 radical (unpaired) electrons. The van der Waals surface area contributed by atoms with Crippen LogP contribution in [0.5, 0.6) is 0 Å². The van der Waals surface area contributed by atoms with Gasteiger partial charge in [0.25, 0.3) is 5.91 Å². The summed E-state index contributed by atoms with van der Waals surface area (Å²) in [4.78, 5) is 12.8. The fraction of sp³-hybridized carbons (Fsp3) is 0.136. The van der Waals surface area contributed by atoms with Crippen LogP contribution in [0.15, 0.2) is 65.8 Å². The number of carbonyl (C=O) groups is 1. The van der Waals surface area contributed by atoms with Crippen molar-refractivity contribution in [2.24, 2.45) is 0 Å². The van der Waals surface area contributed by atoms with E-state index in [1.54, 1.807) is 0 Å². The van der Waals surface area contributed by atoms with Gasteiger partial charge in [0.2, 0.25) is 11.6 Å². The number of nitrogen functional groups attached to an aromatic ring is 1. The zero-order valence-electron chi connectivity index (χ0n) is 17.6. The third-order valence-electron chi connectivity index (χ3n) is 4.83. The minimum atomic E-state index is -0.475. The van der Waals surface area contributed by atoms with Gasteiger partial charge >= 0.3 is 0 Å². The molecular formula is C22H22N8O2. The summed E-state index contributed by atoms with van der Waals surface area (Å²) in [7, 11) is 0. The summed E-state index contributed by atoms with van der Waals surface area (Å²) in [5, 5.41) is 15.3. The number of rotatable bonds is 7. The zero-order chi connectivity index (χ0) is 22.7. The number of nitrogens with zero attached hydrogens (tertiary/aromatic N) is 5. The summed E-state index contributed by atoms with van der Waals surface area (Å²) in [6.45, 7) is 7.79. The molecule has 0 aliphatic rings. The number of amides is 1. The summed E-state index contributed by atoms with van der Waals surface area (Å²) < 4.78 is 5.98. The Kier molecular flexibility index (Phi) is 5.67. The molecule has 0 aliphatic carbocycles. The van der Waals surface area contributed by atoms with Crippen LogP contribution >= 0.6 is 0 Å². The number of nitrogens with one attached hydrogen (secondary N) is 2. The second kappa shape index (κ2) is 8.72. The highest BCUT2D eigenvalue weighted by atomic mass is 16.6. The lowest BCUT2D eigenvalue weighted by atomic mass is 10.0. The van der Waals surface area contributed by atoms with Crippen molar-refractivity contribution in [2.45, 2.75) is 19.8 Å². The molecule has 2 heterocycles. The van der Waals surface area contributed by atoms with E-state index in [0.29, 0.717) is 11.4 Å². The molecule has 0 aliphatic heterocycles. The monoisotopic (exact) mass is 430 g/mol. The van der Waals surface area contributed by atoms with Crippen molar-refractivity contribution in [1.82, 2.24) is 36.2 Å². The van der Waals surface area contributed by atoms with Crippen LogP contribution in [0.3, 0.4) is 0 Å². The van der Waals surface area contributed by atoms with Gasteiger partial charge in [-0.3, -0.25) is 15.6 Å². The van der Waals surface area contributed by atoms with Crippen molar-refractivity contribution >= 4 is 17.4 Å². The summed E-state index contributed by atoms with van der Waals surface area (Å²) >= 11 is 0. The van der Waals surface area contributed by atoms with Crippen LogP contribution < -0.4 is 16.6 Å². The molecule has 4 rings (SSSR count). The van der Waals surface area contributed by atoms with E-state index < -0.39 is 5.91 Å². The number of hydrogen-bond acceptors (Lipinski definition) is 8. The van der Waals surface area contributed by atoms with Crippen molar-refractivity contribution in [3.05, 3.63) is 78.1 Å². The van der Waals surface area contributed by atoms with Gasteiger partial charge in [-0.05, 0) is 32.9 Å². The SMILES string of the molecule is C=C(NNC(=O)c1nnn(-c2nonc2N)c1C(C)C)c1ccc(-c2ccccc2)cc1. The Morgan fingerprint density at radius 1 is 1.03 bits per heavy atom. The lowest BCUT2D eigenvalue weighted by molar-refractivity contribution is 0.0936. The number of aromatic nitrogens is 5. The maximum atomic E-state index is 12.8. The summed E-state index contributed by atoms with van der Waals surface area (Å²) in [6, 6.07) is 17.9. The minimum absolute atomic E-state index is 0.0502. The molecular weight excluding hydrogens is 408 g/mol. The molecule has 10 nitrogen and oxygen atoms in total. The molecule has 1 amide bonds. The first-order valence-electron chi connectivity index (χ1n) is 9.90. The van der Waals surface area contributed by atoms with Crippen LogP contribution in [0, 0.1) is 0 Å². The number of hydrogen-bond donors (Lipinski definition) is 3. The van der Waals surface area contributed by atoms with E-state index in [-0.39, 0.29) is 23.2 Å². The Labute approximate surface area is 184 Å². The van der Waals surface area contributed by atoms with Crippen molar-refractivity contribution in [1.29, 1.82) is 0 Å². The van der Waals surface area contributed by atoms with Crippen molar-refractivity contribution < 1.29 is 9.42 Å². The van der Waals surface area contributed by atoms with Crippen LogP contribution in [0.4, 0.5) is 5.82 Å². The van der Waals surface area contributed by atoms with Crippen LogP contribution in [0.1, 0.15) is 41.5 Å². The molecule has 0 unspecified atom stereocenters. The van der Waals surface area contributed by atoms with Crippen molar-refractivity contribution in [3.8, 4) is 16.9 Å². The van der Waals surface area contributed by atoms with Gasteiger partial charge in [0, 0.05) is 0 Å². The van der Waals surface area contributed by atoms with Gasteiger partial charge in [-0.15, -0.1) is 5.10 Å². The molecule has 0 bridgehead atoms. The van der Waals surface area contributed by atoms with Crippen LogP contribution in [0.25, 0.3) is 22.6 Å². The lowest BCUT2D eigenvalue weighted by Crippen LogP contribution is -2.36. The van der Waals surface area contributed by atoms with E-state index in [2.05, 4.69) is 42.7 Å². The summed E-state index contributed by atoms with van der Waals surface area (Å²) in [5.74, 6) is -0.349. The Hall–Kier alpha value is -4.47. The second-order valence-corrected chi connectivity index (χ2v) is 7.36. The van der Waals surface area contributed by atoms with Gasteiger partial charge in [0.05, 0.1) is 11.4 Å². The molecule has 2 aromatic heterocycles. The van der Waals surface area contributed by atoms with Crippen LogP contribution in [-0.4, -0.2) is 31.2 Å². The number of benzene rings is 2. The number of nitrogens with two attached hydrogens (primary N) is 1. The number of carbonyl (C=O) groups excluding carboxylic acids is 1. The average Bonchev–Trinajstić information content (AvgIpc) is 3.44. The van der Waals surface area contributed by atoms with Crippen molar-refractivity contribution in [3.63, 3.8) is 0 Å². The predicted molar refractivity (Wildman–Crippen MR) is 119 cm³/mol. The van der Waals surface area contributed by atoms with Gasteiger partial charge < -0.3 is 5.73 Å². The van der Waals surface area contributed by atoms with Gasteiger partial charge in [0.15, 0.2) is 5.69 Å². The predicted octanol–water partition coefficient (Wildman–Crippen LogP) is 2.93. The van der Waals surface area contributed by atoms with E-state index in [0.717, 1.165) is 16.7 Å². The molecule has 0 fully saturated rings. The van der Waals surface area contributed by atoms with E-state index >= 15 is 0 Å². The molecule has 32 heavy (non-hydrogen) atoms. The average molecular weight is 430 g/mol. The summed E-state index contributed by atoms with van der Waals surface area (Å²) in [5.41, 5.74) is 15.4. The molecule has 10 heteroatoms. The summed E-state index contributed by atoms with van der Waals surface area (Å²) in [6.07, 6.45) is 0. The first-order valence-corrected chi connectivity index (χ1v) is 9.90. The van der Waals surface area contributed by atoms with Crippen LogP contribution in [-0.2, 0) is 0 Å². The van der Waals surface area contributed by atoms with Gasteiger partial charge in [-0.1, -0.05) is 80.2 Å². The maximum absolute atomic E-state index is 12.8. The Bertz CT molecular complexity index is 1240. The topological polar surface area (TPSA) is 137 Å². The maximum Gasteiger partial charge on any atom is 0.292 e. The highest BCUT2D eigenvalue weighted by Gasteiger charge is 2.25. The van der Waals surface area contributed by atoms with E-state index in [1.807, 2.05) is 68.4 Å². The molecule has 162 valence electrons. The second-order valence-electron chi connectivity index (χ2n) is 7.36. The molecule has 0 spiro atoms. The normalized spacial score (nSPS) is 10.8. The standard InChI is InChI=1S/C22H22N8O2/c1-13(2)19-18(25-29-30(19)21-20(23)27-32-28-21)22(31)26-24-14(3)15-9-11-17(12-10-15)16-7-5-4-6-8-16/h4-13,24H,3H2,1-2H3,(H2,23,27)(H,26,31). The zero-order valence-corrected chi connectivity index (χ0v) is 17.6. The van der Waals surface area contributed by atoms with Gasteiger partial charge in [-0.2, -0.15) is 4.68 Å². The molecule has 0 saturated carbocycles. The smallest absolute Gasteiger partial charge is 0.292 e.